The molecule has 0 aliphatic carbocycles. The second-order valence-corrected chi connectivity index (χ2v) is 4.16. The van der Waals surface area contributed by atoms with Crippen LogP contribution in [-0.2, 0) is 4.79 Å². The molecule has 2 amide bonds. The Kier molecular flexibility index (Phi) is 4.97. The number of aliphatic carboxylic acids is 1. The monoisotopic (exact) mass is 270 g/mol. The molecule has 0 fully saturated rings. The molecule has 1 aromatic rings. The molecule has 0 bridgehead atoms. The molecular formula is C12H15ClN2O3. The number of hydrogen-bond donors (Lipinski definition) is 2. The van der Waals surface area contributed by atoms with Crippen LogP contribution in [0.3, 0.4) is 0 Å². The fourth-order valence-corrected chi connectivity index (χ4v) is 1.60. The van der Waals surface area contributed by atoms with E-state index in [0.717, 1.165) is 5.56 Å². The summed E-state index contributed by atoms with van der Waals surface area (Å²) in [5, 5.41) is 11.9. The van der Waals surface area contributed by atoms with E-state index in [0.29, 0.717) is 17.3 Å². The summed E-state index contributed by atoms with van der Waals surface area (Å²) in [6.45, 7) is 3.48. The number of benzene rings is 1. The fraction of sp³-hybridized carbons (Fsp3) is 0.333. The Morgan fingerprint density at radius 1 is 1.44 bits per heavy atom. The molecule has 0 aliphatic heterocycles. The number of carbonyl (C=O) groups is 2. The second-order valence-electron chi connectivity index (χ2n) is 3.75. The number of nitrogens with one attached hydrogen (secondary N) is 1. The van der Waals surface area contributed by atoms with E-state index >= 15 is 0 Å². The molecule has 98 valence electrons. The highest BCUT2D eigenvalue weighted by Gasteiger charge is 2.15. The van der Waals surface area contributed by atoms with Gasteiger partial charge in [-0.1, -0.05) is 17.7 Å². The predicted molar refractivity (Wildman–Crippen MR) is 70.1 cm³/mol. The molecule has 0 unspecified atom stereocenters. The van der Waals surface area contributed by atoms with E-state index in [1.54, 1.807) is 32.0 Å². The minimum Gasteiger partial charge on any atom is -0.480 e. The Balaban J connectivity index is 2.80. The minimum atomic E-state index is -1.05. The first-order valence-electron chi connectivity index (χ1n) is 5.48. The van der Waals surface area contributed by atoms with Crippen LogP contribution < -0.4 is 5.32 Å². The van der Waals surface area contributed by atoms with Crippen molar-refractivity contribution in [1.82, 2.24) is 4.90 Å². The zero-order valence-corrected chi connectivity index (χ0v) is 11.0. The van der Waals surface area contributed by atoms with Crippen molar-refractivity contribution in [2.24, 2.45) is 0 Å². The summed E-state index contributed by atoms with van der Waals surface area (Å²) in [4.78, 5) is 23.7. The molecule has 0 heterocycles. The van der Waals surface area contributed by atoms with Gasteiger partial charge >= 0.3 is 12.0 Å². The normalized spacial score (nSPS) is 9.94. The first-order valence-corrected chi connectivity index (χ1v) is 5.86. The molecule has 0 radical (unpaired) electrons. The number of nitrogens with zero attached hydrogens (tertiary/aromatic N) is 1. The predicted octanol–water partition coefficient (Wildman–Crippen LogP) is 2.59. The third-order valence-corrected chi connectivity index (χ3v) is 2.91. The molecule has 0 saturated heterocycles. The maximum absolute atomic E-state index is 11.9. The molecule has 6 heteroatoms. The van der Waals surface area contributed by atoms with Gasteiger partial charge in [-0.05, 0) is 31.5 Å². The summed E-state index contributed by atoms with van der Waals surface area (Å²) in [7, 11) is 0. The Morgan fingerprint density at radius 3 is 2.67 bits per heavy atom. The van der Waals surface area contributed by atoms with Gasteiger partial charge in [0.05, 0.1) is 0 Å². The van der Waals surface area contributed by atoms with Crippen LogP contribution in [0.4, 0.5) is 10.5 Å². The Hall–Kier alpha value is -1.75. The first kappa shape index (κ1) is 14.3. The zero-order valence-electron chi connectivity index (χ0n) is 10.2. The third-order valence-electron chi connectivity index (χ3n) is 2.50. The van der Waals surface area contributed by atoms with Crippen LogP contribution in [0.15, 0.2) is 18.2 Å². The van der Waals surface area contributed by atoms with Gasteiger partial charge in [-0.2, -0.15) is 0 Å². The summed E-state index contributed by atoms with van der Waals surface area (Å²) in [5.41, 5.74) is 1.33. The van der Waals surface area contributed by atoms with Crippen molar-refractivity contribution in [3.63, 3.8) is 0 Å². The molecule has 1 aromatic carbocycles. The molecule has 0 aliphatic rings. The van der Waals surface area contributed by atoms with E-state index in [-0.39, 0.29) is 6.54 Å². The highest BCUT2D eigenvalue weighted by molar-refractivity contribution is 6.31. The number of carbonyl (C=O) groups excluding carboxylic acids is 1. The van der Waals surface area contributed by atoms with Crippen molar-refractivity contribution >= 4 is 29.3 Å². The molecule has 0 atom stereocenters. The van der Waals surface area contributed by atoms with Gasteiger partial charge < -0.3 is 15.3 Å². The number of amides is 2. The molecule has 0 saturated carbocycles. The number of urea groups is 1. The van der Waals surface area contributed by atoms with Gasteiger partial charge in [-0.3, -0.25) is 4.79 Å². The highest BCUT2D eigenvalue weighted by atomic mass is 35.5. The Labute approximate surface area is 110 Å². The zero-order chi connectivity index (χ0) is 13.7. The van der Waals surface area contributed by atoms with Crippen LogP contribution in [0.1, 0.15) is 12.5 Å². The van der Waals surface area contributed by atoms with Gasteiger partial charge in [-0.15, -0.1) is 0 Å². The van der Waals surface area contributed by atoms with Crippen LogP contribution in [0, 0.1) is 6.92 Å². The molecule has 2 N–H and O–H groups in total. The van der Waals surface area contributed by atoms with Crippen molar-refractivity contribution in [2.75, 3.05) is 18.4 Å². The van der Waals surface area contributed by atoms with Crippen molar-refractivity contribution in [2.45, 2.75) is 13.8 Å². The summed E-state index contributed by atoms with van der Waals surface area (Å²) in [6, 6.07) is 4.71. The smallest absolute Gasteiger partial charge is 0.323 e. The fourth-order valence-electron chi connectivity index (χ4n) is 1.43. The topological polar surface area (TPSA) is 69.6 Å². The largest absolute Gasteiger partial charge is 0.480 e. The van der Waals surface area contributed by atoms with E-state index in [4.69, 9.17) is 16.7 Å². The van der Waals surface area contributed by atoms with E-state index < -0.39 is 12.0 Å². The lowest BCUT2D eigenvalue weighted by molar-refractivity contribution is -0.137. The van der Waals surface area contributed by atoms with Crippen LogP contribution in [0.5, 0.6) is 0 Å². The summed E-state index contributed by atoms with van der Waals surface area (Å²) >= 11 is 5.94. The Bertz CT molecular complexity index is 463. The van der Waals surface area contributed by atoms with E-state index in [9.17, 15) is 9.59 Å². The first-order chi connectivity index (χ1) is 8.45. The molecule has 1 rings (SSSR count). The SMILES string of the molecule is CCN(CC(=O)O)C(=O)Nc1cccc(Cl)c1C. The molecule has 0 spiro atoms. The van der Waals surface area contributed by atoms with Gasteiger partial charge in [0.1, 0.15) is 6.54 Å². The minimum absolute atomic E-state index is 0.317. The second kappa shape index (κ2) is 6.26. The van der Waals surface area contributed by atoms with E-state index in [1.807, 2.05) is 0 Å². The maximum Gasteiger partial charge on any atom is 0.323 e. The summed E-state index contributed by atoms with van der Waals surface area (Å²) in [6.07, 6.45) is 0. The van der Waals surface area contributed by atoms with Crippen molar-refractivity contribution in [3.05, 3.63) is 28.8 Å². The van der Waals surface area contributed by atoms with Crippen molar-refractivity contribution < 1.29 is 14.7 Å². The van der Waals surface area contributed by atoms with E-state index in [1.165, 1.54) is 4.90 Å². The van der Waals surface area contributed by atoms with Gasteiger partial charge in [0.25, 0.3) is 0 Å². The average Bonchev–Trinajstić information content (AvgIpc) is 2.31. The van der Waals surface area contributed by atoms with Crippen molar-refractivity contribution in [1.29, 1.82) is 0 Å². The molecule has 0 aromatic heterocycles. The molecular weight excluding hydrogens is 256 g/mol. The highest BCUT2D eigenvalue weighted by Crippen LogP contribution is 2.23. The quantitative estimate of drug-likeness (QED) is 0.883. The maximum atomic E-state index is 11.9. The van der Waals surface area contributed by atoms with Crippen LogP contribution in [0.2, 0.25) is 5.02 Å². The molecule has 5 nitrogen and oxygen atoms in total. The lowest BCUT2D eigenvalue weighted by atomic mass is 10.2. The van der Waals surface area contributed by atoms with Gasteiger partial charge in [0.2, 0.25) is 0 Å². The van der Waals surface area contributed by atoms with Crippen LogP contribution >= 0.6 is 11.6 Å². The summed E-state index contributed by atoms with van der Waals surface area (Å²) in [5.74, 6) is -1.05. The van der Waals surface area contributed by atoms with Crippen molar-refractivity contribution in [3.8, 4) is 0 Å². The lowest BCUT2D eigenvalue weighted by Gasteiger charge is -2.20. The van der Waals surface area contributed by atoms with Gasteiger partial charge in [-0.25, -0.2) is 4.79 Å². The number of anilines is 1. The van der Waals surface area contributed by atoms with Gasteiger partial charge in [0.15, 0.2) is 0 Å². The van der Waals surface area contributed by atoms with Crippen LogP contribution in [0.25, 0.3) is 0 Å². The van der Waals surface area contributed by atoms with E-state index in [2.05, 4.69) is 5.32 Å². The number of halogens is 1. The number of hydrogen-bond acceptors (Lipinski definition) is 2. The lowest BCUT2D eigenvalue weighted by Crippen LogP contribution is -2.38. The Morgan fingerprint density at radius 2 is 2.11 bits per heavy atom. The standard InChI is InChI=1S/C12H15ClN2O3/c1-3-15(7-11(16)17)12(18)14-10-6-4-5-9(13)8(10)2/h4-6H,3,7H2,1-2H3,(H,14,18)(H,16,17). The van der Waals surface area contributed by atoms with Crippen LogP contribution in [-0.4, -0.2) is 35.1 Å². The number of carboxylic acids is 1. The number of rotatable bonds is 4. The third kappa shape index (κ3) is 3.63. The number of carboxylic acid groups (broad SMARTS) is 1. The van der Waals surface area contributed by atoms with Gasteiger partial charge in [0, 0.05) is 17.3 Å². The number of likely N-dealkylation sites (N-methyl/N-ethyl adjacent to an activating group) is 1. The average molecular weight is 271 g/mol. The molecule has 18 heavy (non-hydrogen) atoms. The summed E-state index contributed by atoms with van der Waals surface area (Å²) < 4.78 is 0.